The fourth-order valence-corrected chi connectivity index (χ4v) is 6.34. The number of aryl methyl sites for hydroxylation is 1. The molecular formula is C31H38O3. The van der Waals surface area contributed by atoms with Crippen molar-refractivity contribution in [2.24, 2.45) is 11.3 Å². The molecule has 3 heteroatoms. The second kappa shape index (κ2) is 10.3. The van der Waals surface area contributed by atoms with Crippen LogP contribution >= 0.6 is 0 Å². The van der Waals surface area contributed by atoms with Gasteiger partial charge in [-0.05, 0) is 108 Å². The van der Waals surface area contributed by atoms with Crippen LogP contribution in [0.25, 0.3) is 11.1 Å². The van der Waals surface area contributed by atoms with Gasteiger partial charge in [0.2, 0.25) is 0 Å². The van der Waals surface area contributed by atoms with E-state index in [-0.39, 0.29) is 5.41 Å². The predicted octanol–water partition coefficient (Wildman–Crippen LogP) is 7.80. The Morgan fingerprint density at radius 2 is 1.79 bits per heavy atom. The molecular weight excluding hydrogens is 420 g/mol. The number of benzene rings is 2. The number of methoxy groups -OCH3 is 1. The quantitative estimate of drug-likeness (QED) is 0.284. The van der Waals surface area contributed by atoms with Gasteiger partial charge in [0.05, 0.1) is 7.11 Å². The molecule has 4 rings (SSSR count). The fourth-order valence-electron chi connectivity index (χ4n) is 6.34. The summed E-state index contributed by atoms with van der Waals surface area (Å²) in [6.07, 6.45) is 11.0. The highest BCUT2D eigenvalue weighted by Crippen LogP contribution is 2.64. The van der Waals surface area contributed by atoms with E-state index in [0.717, 1.165) is 42.3 Å². The zero-order chi connectivity index (χ0) is 24.3. The molecule has 0 amide bonds. The number of allylic oxidation sites excluding steroid dienone is 2. The van der Waals surface area contributed by atoms with Gasteiger partial charge < -0.3 is 9.53 Å². The van der Waals surface area contributed by atoms with Crippen molar-refractivity contribution in [2.45, 2.75) is 78.1 Å². The third-order valence-electron chi connectivity index (χ3n) is 8.52. The Hall–Kier alpha value is -2.68. The van der Waals surface area contributed by atoms with Gasteiger partial charge in [-0.25, -0.2) is 0 Å². The molecule has 2 saturated carbocycles. The third kappa shape index (κ3) is 4.62. The van der Waals surface area contributed by atoms with E-state index in [1.165, 1.54) is 59.9 Å². The van der Waals surface area contributed by atoms with Crippen LogP contribution in [0.15, 0.2) is 36.4 Å². The molecule has 0 spiro atoms. The van der Waals surface area contributed by atoms with Gasteiger partial charge in [0.25, 0.3) is 0 Å². The van der Waals surface area contributed by atoms with E-state index in [9.17, 15) is 9.59 Å². The number of carbonyl (C=O) groups excluding carboxylic acids is 2. The summed E-state index contributed by atoms with van der Waals surface area (Å²) in [5, 5.41) is 0. The summed E-state index contributed by atoms with van der Waals surface area (Å²) >= 11 is 0. The number of hydrogen-bond acceptors (Lipinski definition) is 3. The maximum Gasteiger partial charge on any atom is 0.150 e. The molecule has 2 aliphatic rings. The summed E-state index contributed by atoms with van der Waals surface area (Å²) in [4.78, 5) is 22.8. The van der Waals surface area contributed by atoms with Crippen LogP contribution in [0.4, 0.5) is 0 Å². The molecule has 0 aliphatic heterocycles. The lowest BCUT2D eigenvalue weighted by molar-refractivity contribution is -0.108. The van der Waals surface area contributed by atoms with Gasteiger partial charge in [0.1, 0.15) is 18.3 Å². The smallest absolute Gasteiger partial charge is 0.150 e. The van der Waals surface area contributed by atoms with Crippen LogP contribution < -0.4 is 4.74 Å². The highest BCUT2D eigenvalue weighted by molar-refractivity contribution is 5.93. The predicted molar refractivity (Wildman–Crippen MR) is 139 cm³/mol. The Balaban J connectivity index is 1.89. The molecule has 180 valence electrons. The largest absolute Gasteiger partial charge is 0.497 e. The van der Waals surface area contributed by atoms with E-state index in [1.807, 2.05) is 12.1 Å². The molecule has 0 heterocycles. The molecule has 2 aromatic rings. The SMILES string of the molecule is CCC1(CC=O)CC1c1cc(OC)ccc1/C(C)=C(/c1ccc(C=O)cc1C)C1CCCCC1. The topological polar surface area (TPSA) is 43.4 Å². The van der Waals surface area contributed by atoms with Crippen LogP contribution in [-0.4, -0.2) is 19.7 Å². The summed E-state index contributed by atoms with van der Waals surface area (Å²) < 4.78 is 5.62. The maximum atomic E-state index is 11.5. The van der Waals surface area contributed by atoms with Crippen LogP contribution in [0.3, 0.4) is 0 Å². The normalized spacial score (nSPS) is 23.2. The standard InChI is InChI=1S/C31H38O3/c1-5-31(15-16-32)19-29(31)28-18-25(34-4)12-14-27(28)22(3)30(24-9-7-6-8-10-24)26-13-11-23(20-33)17-21(26)2/h11-14,16-18,20,24,29H,5-10,15,19H2,1-4H3/b30-22+. The average molecular weight is 459 g/mol. The van der Waals surface area contributed by atoms with Gasteiger partial charge in [-0.2, -0.15) is 0 Å². The van der Waals surface area contributed by atoms with E-state index in [2.05, 4.69) is 45.0 Å². The van der Waals surface area contributed by atoms with Gasteiger partial charge in [-0.1, -0.05) is 44.4 Å². The summed E-state index contributed by atoms with van der Waals surface area (Å²) in [7, 11) is 1.72. The minimum atomic E-state index is 0.0790. The monoisotopic (exact) mass is 458 g/mol. The average Bonchev–Trinajstić information content (AvgIpc) is 3.59. The number of carbonyl (C=O) groups is 2. The Labute approximate surface area is 204 Å². The van der Waals surface area contributed by atoms with Crippen molar-refractivity contribution in [2.75, 3.05) is 7.11 Å². The van der Waals surface area contributed by atoms with E-state index in [0.29, 0.717) is 18.3 Å². The molecule has 0 radical (unpaired) electrons. The van der Waals surface area contributed by atoms with Crippen molar-refractivity contribution in [1.29, 1.82) is 0 Å². The number of rotatable bonds is 9. The summed E-state index contributed by atoms with van der Waals surface area (Å²) in [5.74, 6) is 1.78. The zero-order valence-corrected chi connectivity index (χ0v) is 21.2. The van der Waals surface area contributed by atoms with Gasteiger partial charge in [-0.3, -0.25) is 4.79 Å². The van der Waals surface area contributed by atoms with Crippen LogP contribution in [0.2, 0.25) is 0 Å². The summed E-state index contributed by atoms with van der Waals surface area (Å²) in [6.45, 7) is 6.61. The molecule has 2 fully saturated rings. The van der Waals surface area contributed by atoms with Crippen molar-refractivity contribution < 1.29 is 14.3 Å². The first-order chi connectivity index (χ1) is 16.5. The Bertz CT molecular complexity index is 1090. The second-order valence-corrected chi connectivity index (χ2v) is 10.4. The van der Waals surface area contributed by atoms with Gasteiger partial charge in [-0.15, -0.1) is 0 Å². The summed E-state index contributed by atoms with van der Waals surface area (Å²) in [5.41, 5.74) is 8.59. The first-order valence-corrected chi connectivity index (χ1v) is 12.9. The highest BCUT2D eigenvalue weighted by atomic mass is 16.5. The molecule has 2 aromatic carbocycles. The van der Waals surface area contributed by atoms with Crippen molar-refractivity contribution in [3.63, 3.8) is 0 Å². The molecule has 0 N–H and O–H groups in total. The first kappa shape index (κ1) is 24.4. The van der Waals surface area contributed by atoms with Crippen LogP contribution in [0.1, 0.15) is 104 Å². The molecule has 2 unspecified atom stereocenters. The van der Waals surface area contributed by atoms with Crippen molar-refractivity contribution in [3.8, 4) is 5.75 Å². The lowest BCUT2D eigenvalue weighted by atomic mass is 9.76. The molecule has 0 bridgehead atoms. The molecule has 34 heavy (non-hydrogen) atoms. The lowest BCUT2D eigenvalue weighted by Gasteiger charge is -2.29. The van der Waals surface area contributed by atoms with Crippen LogP contribution in [0, 0.1) is 18.3 Å². The maximum absolute atomic E-state index is 11.5. The molecule has 0 saturated heterocycles. The Morgan fingerprint density at radius 1 is 1.06 bits per heavy atom. The lowest BCUT2D eigenvalue weighted by Crippen LogP contribution is -2.12. The van der Waals surface area contributed by atoms with Crippen LogP contribution in [0.5, 0.6) is 5.75 Å². The minimum absolute atomic E-state index is 0.0790. The van der Waals surface area contributed by atoms with E-state index < -0.39 is 0 Å². The van der Waals surface area contributed by atoms with Crippen molar-refractivity contribution in [1.82, 2.24) is 0 Å². The molecule has 2 atom stereocenters. The molecule has 0 aromatic heterocycles. The summed E-state index contributed by atoms with van der Waals surface area (Å²) in [6, 6.07) is 12.6. The van der Waals surface area contributed by atoms with Crippen molar-refractivity contribution in [3.05, 3.63) is 64.2 Å². The van der Waals surface area contributed by atoms with Crippen LogP contribution in [-0.2, 0) is 4.79 Å². The molecule has 2 aliphatic carbocycles. The second-order valence-electron chi connectivity index (χ2n) is 10.4. The fraction of sp³-hybridized carbons (Fsp3) is 0.484. The third-order valence-corrected chi connectivity index (χ3v) is 8.52. The molecule has 3 nitrogen and oxygen atoms in total. The van der Waals surface area contributed by atoms with E-state index >= 15 is 0 Å². The Kier molecular flexibility index (Phi) is 7.40. The number of hydrogen-bond donors (Lipinski definition) is 0. The first-order valence-electron chi connectivity index (χ1n) is 12.9. The zero-order valence-electron chi connectivity index (χ0n) is 21.2. The number of ether oxygens (including phenoxy) is 1. The van der Waals surface area contributed by atoms with Gasteiger partial charge in [0.15, 0.2) is 0 Å². The van der Waals surface area contributed by atoms with Gasteiger partial charge in [0, 0.05) is 12.0 Å². The van der Waals surface area contributed by atoms with Gasteiger partial charge >= 0.3 is 0 Å². The minimum Gasteiger partial charge on any atom is -0.497 e. The van der Waals surface area contributed by atoms with Crippen molar-refractivity contribution >= 4 is 23.7 Å². The Morgan fingerprint density at radius 3 is 2.41 bits per heavy atom. The number of aldehydes is 2. The van der Waals surface area contributed by atoms with E-state index in [4.69, 9.17) is 4.74 Å². The highest BCUT2D eigenvalue weighted by Gasteiger charge is 2.53. The van der Waals surface area contributed by atoms with E-state index in [1.54, 1.807) is 7.11 Å².